The number of thiazole rings is 1. The molecular weight excluding hydrogens is 382 g/mol. The smallest absolute Gasteiger partial charge is 0.312 e. The fourth-order valence-corrected chi connectivity index (χ4v) is 4.54. The second kappa shape index (κ2) is 7.81. The Labute approximate surface area is 163 Å². The molecule has 2 heterocycles. The molecule has 0 spiro atoms. The molecule has 0 atom stereocenters. The van der Waals surface area contributed by atoms with Gasteiger partial charge in [0.1, 0.15) is 0 Å². The number of hydrogen-bond donors (Lipinski definition) is 0. The van der Waals surface area contributed by atoms with Crippen molar-refractivity contribution < 1.29 is 9.72 Å². The molecule has 1 aromatic carbocycles. The van der Waals surface area contributed by atoms with Gasteiger partial charge in [0, 0.05) is 23.6 Å². The average Bonchev–Trinajstić information content (AvgIpc) is 3.20. The SMILES string of the molecule is C=CCn1c(=NC(=O)/C=C/c2ccc([N+](=O)[O-])s2)sc2c(C)cc(C)cc21. The maximum absolute atomic E-state index is 12.3. The molecule has 0 radical (unpaired) electrons. The van der Waals surface area contributed by atoms with Crippen LogP contribution >= 0.6 is 22.7 Å². The lowest BCUT2D eigenvalue weighted by molar-refractivity contribution is -0.380. The second-order valence-electron chi connectivity index (χ2n) is 5.93. The molecule has 2 aromatic heterocycles. The van der Waals surface area contributed by atoms with Crippen molar-refractivity contribution in [3.63, 3.8) is 0 Å². The Hall–Kier alpha value is -2.84. The van der Waals surface area contributed by atoms with E-state index in [1.807, 2.05) is 18.4 Å². The lowest BCUT2D eigenvalue weighted by Gasteiger charge is -2.03. The molecule has 27 heavy (non-hydrogen) atoms. The third-order valence-corrected chi connectivity index (χ3v) is 6.05. The van der Waals surface area contributed by atoms with Crippen molar-refractivity contribution in [2.75, 3.05) is 0 Å². The summed E-state index contributed by atoms with van der Waals surface area (Å²) in [6.07, 6.45) is 4.65. The fourth-order valence-electron chi connectivity index (χ4n) is 2.72. The van der Waals surface area contributed by atoms with Crippen molar-refractivity contribution in [3.05, 3.63) is 73.9 Å². The molecule has 0 aliphatic heterocycles. The van der Waals surface area contributed by atoms with Gasteiger partial charge in [-0.15, -0.1) is 6.58 Å². The van der Waals surface area contributed by atoms with Crippen LogP contribution in [0.5, 0.6) is 0 Å². The van der Waals surface area contributed by atoms with Crippen LogP contribution in [-0.2, 0) is 11.3 Å². The largest absolute Gasteiger partial charge is 0.324 e. The van der Waals surface area contributed by atoms with Crippen molar-refractivity contribution in [3.8, 4) is 0 Å². The third kappa shape index (κ3) is 4.12. The quantitative estimate of drug-likeness (QED) is 0.272. The predicted molar refractivity (Wildman–Crippen MR) is 110 cm³/mol. The number of carbonyl (C=O) groups is 1. The van der Waals surface area contributed by atoms with Crippen LogP contribution in [0.25, 0.3) is 16.3 Å². The highest BCUT2D eigenvalue weighted by atomic mass is 32.1. The molecule has 8 heteroatoms. The Kier molecular flexibility index (Phi) is 5.48. The summed E-state index contributed by atoms with van der Waals surface area (Å²) in [6, 6.07) is 7.20. The molecule has 0 aliphatic rings. The van der Waals surface area contributed by atoms with Crippen molar-refractivity contribution in [2.45, 2.75) is 20.4 Å². The van der Waals surface area contributed by atoms with Crippen molar-refractivity contribution in [2.24, 2.45) is 4.99 Å². The van der Waals surface area contributed by atoms with Crippen LogP contribution in [0.2, 0.25) is 0 Å². The van der Waals surface area contributed by atoms with Gasteiger partial charge in [-0.25, -0.2) is 0 Å². The van der Waals surface area contributed by atoms with E-state index in [4.69, 9.17) is 0 Å². The zero-order chi connectivity index (χ0) is 19.6. The van der Waals surface area contributed by atoms with Crippen molar-refractivity contribution >= 4 is 49.9 Å². The summed E-state index contributed by atoms with van der Waals surface area (Å²) in [5.74, 6) is -0.412. The maximum atomic E-state index is 12.3. The summed E-state index contributed by atoms with van der Waals surface area (Å²) in [7, 11) is 0. The number of rotatable bonds is 5. The van der Waals surface area contributed by atoms with Crippen molar-refractivity contribution in [1.82, 2.24) is 4.57 Å². The first-order valence-electron chi connectivity index (χ1n) is 8.11. The second-order valence-corrected chi connectivity index (χ2v) is 8.00. The van der Waals surface area contributed by atoms with Gasteiger partial charge in [-0.05, 0) is 43.2 Å². The number of fused-ring (bicyclic) bond motifs is 1. The van der Waals surface area contributed by atoms with E-state index in [0.29, 0.717) is 16.2 Å². The van der Waals surface area contributed by atoms with E-state index >= 15 is 0 Å². The summed E-state index contributed by atoms with van der Waals surface area (Å²) >= 11 is 2.48. The molecule has 1 amide bonds. The lowest BCUT2D eigenvalue weighted by atomic mass is 10.1. The molecule has 0 aliphatic carbocycles. The molecule has 138 valence electrons. The number of allylic oxidation sites excluding steroid dienone is 1. The number of aromatic nitrogens is 1. The monoisotopic (exact) mass is 399 g/mol. The van der Waals surface area contributed by atoms with E-state index in [9.17, 15) is 14.9 Å². The molecule has 0 unspecified atom stereocenters. The first-order chi connectivity index (χ1) is 12.9. The molecule has 0 N–H and O–H groups in total. The first-order valence-corrected chi connectivity index (χ1v) is 9.75. The zero-order valence-electron chi connectivity index (χ0n) is 14.8. The minimum Gasteiger partial charge on any atom is -0.312 e. The molecule has 0 fully saturated rings. The van der Waals surface area contributed by atoms with E-state index in [-0.39, 0.29) is 5.00 Å². The Morgan fingerprint density at radius 2 is 2.11 bits per heavy atom. The molecule has 0 bridgehead atoms. The standard InChI is InChI=1S/C19H17N3O3S2/c1-4-9-21-15-11-12(2)10-13(3)18(15)27-19(21)20-16(23)7-5-14-6-8-17(26-14)22(24)25/h4-8,10-11H,1,9H2,2-3H3/b7-5+,20-19?. The van der Waals surface area contributed by atoms with Gasteiger partial charge in [0.2, 0.25) is 0 Å². The van der Waals surface area contributed by atoms with E-state index < -0.39 is 10.8 Å². The molecule has 0 saturated carbocycles. The van der Waals surface area contributed by atoms with E-state index in [1.54, 1.807) is 18.2 Å². The Morgan fingerprint density at radius 3 is 2.78 bits per heavy atom. The van der Waals surface area contributed by atoms with Crippen LogP contribution in [0.1, 0.15) is 16.0 Å². The maximum Gasteiger partial charge on any atom is 0.324 e. The van der Waals surface area contributed by atoms with Gasteiger partial charge < -0.3 is 4.57 Å². The van der Waals surface area contributed by atoms with Gasteiger partial charge in [0.25, 0.3) is 5.91 Å². The van der Waals surface area contributed by atoms with Crippen molar-refractivity contribution in [1.29, 1.82) is 0 Å². The van der Waals surface area contributed by atoms with E-state index in [0.717, 1.165) is 32.7 Å². The average molecular weight is 399 g/mol. The van der Waals surface area contributed by atoms with Crippen LogP contribution in [0, 0.1) is 24.0 Å². The Bertz CT molecular complexity index is 1150. The van der Waals surface area contributed by atoms with Gasteiger partial charge in [-0.1, -0.05) is 34.8 Å². The number of nitro groups is 1. The highest BCUT2D eigenvalue weighted by Crippen LogP contribution is 2.25. The molecule has 0 saturated heterocycles. The summed E-state index contributed by atoms with van der Waals surface area (Å²) in [6.45, 7) is 8.42. The molecule has 3 aromatic rings. The van der Waals surface area contributed by atoms with Crippen LogP contribution in [0.15, 0.2) is 48.0 Å². The van der Waals surface area contributed by atoms with Gasteiger partial charge in [0.15, 0.2) is 4.80 Å². The van der Waals surface area contributed by atoms with Gasteiger partial charge >= 0.3 is 5.00 Å². The number of nitrogens with zero attached hydrogens (tertiary/aromatic N) is 3. The number of amides is 1. The van der Waals surface area contributed by atoms with Gasteiger partial charge in [-0.2, -0.15) is 4.99 Å². The highest BCUT2D eigenvalue weighted by molar-refractivity contribution is 7.16. The number of aryl methyl sites for hydroxylation is 2. The summed E-state index contributed by atoms with van der Waals surface area (Å²) in [5, 5.41) is 10.8. The van der Waals surface area contributed by atoms with Crippen LogP contribution in [0.3, 0.4) is 0 Å². The number of thiophene rings is 1. The number of benzene rings is 1. The first kappa shape index (κ1) is 18.9. The Balaban J connectivity index is 1.98. The third-order valence-electron chi connectivity index (χ3n) is 3.81. The van der Waals surface area contributed by atoms with Crippen LogP contribution in [0.4, 0.5) is 5.00 Å². The molecule has 3 rings (SSSR count). The predicted octanol–water partition coefficient (Wildman–Crippen LogP) is 4.62. The van der Waals surface area contributed by atoms with E-state index in [2.05, 4.69) is 23.7 Å². The topological polar surface area (TPSA) is 77.5 Å². The normalized spacial score (nSPS) is 12.1. The minimum absolute atomic E-state index is 0.0400. The zero-order valence-corrected chi connectivity index (χ0v) is 16.5. The highest BCUT2D eigenvalue weighted by Gasteiger charge is 2.10. The molecule has 6 nitrogen and oxygen atoms in total. The van der Waals surface area contributed by atoms with Crippen LogP contribution < -0.4 is 4.80 Å². The number of hydrogen-bond acceptors (Lipinski definition) is 5. The van der Waals surface area contributed by atoms with Gasteiger partial charge in [-0.3, -0.25) is 14.9 Å². The summed E-state index contributed by atoms with van der Waals surface area (Å²) in [5.41, 5.74) is 3.32. The fraction of sp³-hybridized carbons (Fsp3) is 0.158. The van der Waals surface area contributed by atoms with E-state index in [1.165, 1.54) is 23.5 Å². The lowest BCUT2D eigenvalue weighted by Crippen LogP contribution is -2.15. The minimum atomic E-state index is -0.450. The molecular formula is C19H17N3O3S2. The van der Waals surface area contributed by atoms with Gasteiger partial charge in [0.05, 0.1) is 15.1 Å². The summed E-state index contributed by atoms with van der Waals surface area (Å²) in [4.78, 5) is 28.0. The Morgan fingerprint density at radius 1 is 1.33 bits per heavy atom. The van der Waals surface area contributed by atoms with Crippen LogP contribution in [-0.4, -0.2) is 15.4 Å². The summed E-state index contributed by atoms with van der Waals surface area (Å²) < 4.78 is 3.06. The number of carbonyl (C=O) groups excluding carboxylic acids is 1.